The fourth-order valence-electron chi connectivity index (χ4n) is 1.54. The first-order chi connectivity index (χ1) is 8.72. The Morgan fingerprint density at radius 2 is 2.17 bits per heavy atom. The molecule has 0 amide bonds. The molecule has 1 aromatic heterocycles. The van der Waals surface area contributed by atoms with Gasteiger partial charge in [0.15, 0.2) is 0 Å². The van der Waals surface area contributed by atoms with Gasteiger partial charge in [-0.2, -0.15) is 0 Å². The normalized spacial score (nSPS) is 12.4. The van der Waals surface area contributed by atoms with Crippen molar-refractivity contribution in [1.82, 2.24) is 9.97 Å². The summed E-state index contributed by atoms with van der Waals surface area (Å²) in [5.41, 5.74) is 1.09. The Balaban J connectivity index is 2.84. The fourth-order valence-corrected chi connectivity index (χ4v) is 2.49. The fraction of sp³-hybridized carbons (Fsp3) is 0.667. The van der Waals surface area contributed by atoms with Crippen LogP contribution in [0.1, 0.15) is 25.8 Å². The zero-order valence-electron chi connectivity index (χ0n) is 10.9. The van der Waals surface area contributed by atoms with Gasteiger partial charge in [-0.3, -0.25) is 0 Å². The quantitative estimate of drug-likeness (QED) is 0.489. The Morgan fingerprint density at radius 3 is 2.78 bits per heavy atom. The van der Waals surface area contributed by atoms with Gasteiger partial charge >= 0.3 is 0 Å². The minimum Gasteiger partial charge on any atom is -0.394 e. The number of aliphatic hydroxyl groups is 2. The number of hydrogen-bond donors (Lipinski definition) is 3. The zero-order valence-corrected chi connectivity index (χ0v) is 11.7. The molecule has 6 heteroatoms. The third-order valence-corrected chi connectivity index (χ3v) is 3.55. The summed E-state index contributed by atoms with van der Waals surface area (Å²) >= 11 is 1.46. The van der Waals surface area contributed by atoms with Crippen molar-refractivity contribution < 1.29 is 10.2 Å². The minimum atomic E-state index is -0.706. The highest BCUT2D eigenvalue weighted by Crippen LogP contribution is 2.26. The first-order valence-corrected chi connectivity index (χ1v) is 7.20. The summed E-state index contributed by atoms with van der Waals surface area (Å²) in [6.07, 6.45) is 2.75. The summed E-state index contributed by atoms with van der Waals surface area (Å²) in [5.74, 6) is 1.31. The monoisotopic (exact) mass is 271 g/mol. The lowest BCUT2D eigenvalue weighted by Gasteiger charge is -2.13. The Bertz CT molecular complexity index is 363. The molecule has 0 saturated heterocycles. The van der Waals surface area contributed by atoms with Crippen molar-refractivity contribution in [3.63, 3.8) is 0 Å². The average Bonchev–Trinajstić information content (AvgIpc) is 2.39. The topological polar surface area (TPSA) is 78.3 Å². The molecule has 1 rings (SSSR count). The minimum absolute atomic E-state index is 0.221. The molecule has 0 aromatic carbocycles. The molecule has 0 aliphatic rings. The summed E-state index contributed by atoms with van der Waals surface area (Å²) in [6.45, 7) is 4.73. The maximum atomic E-state index is 9.38. The summed E-state index contributed by atoms with van der Waals surface area (Å²) in [7, 11) is 0. The van der Waals surface area contributed by atoms with Gasteiger partial charge in [0, 0.05) is 17.9 Å². The van der Waals surface area contributed by atoms with E-state index >= 15 is 0 Å². The Morgan fingerprint density at radius 1 is 1.39 bits per heavy atom. The predicted molar refractivity (Wildman–Crippen MR) is 74.0 cm³/mol. The maximum Gasteiger partial charge on any atom is 0.133 e. The lowest BCUT2D eigenvalue weighted by atomic mass is 10.2. The molecule has 5 nitrogen and oxygen atoms in total. The van der Waals surface area contributed by atoms with Crippen LogP contribution in [0.5, 0.6) is 0 Å². The second-order valence-corrected chi connectivity index (χ2v) is 4.94. The van der Waals surface area contributed by atoms with Gasteiger partial charge in [-0.05, 0) is 13.3 Å². The zero-order chi connectivity index (χ0) is 13.4. The van der Waals surface area contributed by atoms with E-state index in [2.05, 4.69) is 22.2 Å². The predicted octanol–water partition coefficient (Wildman–Crippen LogP) is 1.31. The number of nitrogens with one attached hydrogen (secondary N) is 1. The molecule has 1 unspecified atom stereocenters. The van der Waals surface area contributed by atoms with E-state index in [-0.39, 0.29) is 6.61 Å². The molecule has 0 fully saturated rings. The first kappa shape index (κ1) is 15.2. The number of aliphatic hydroxyl groups excluding tert-OH is 2. The van der Waals surface area contributed by atoms with E-state index in [9.17, 15) is 5.11 Å². The van der Waals surface area contributed by atoms with E-state index in [0.29, 0.717) is 5.75 Å². The Kier molecular flexibility index (Phi) is 7.00. The molecule has 102 valence electrons. The molecule has 1 heterocycles. The smallest absolute Gasteiger partial charge is 0.133 e. The third kappa shape index (κ3) is 4.44. The van der Waals surface area contributed by atoms with Gasteiger partial charge in [-0.15, -0.1) is 11.8 Å². The van der Waals surface area contributed by atoms with E-state index in [1.54, 1.807) is 0 Å². The van der Waals surface area contributed by atoms with Crippen LogP contribution in [0.15, 0.2) is 11.4 Å². The summed E-state index contributed by atoms with van der Waals surface area (Å²) in [5, 5.41) is 22.3. The van der Waals surface area contributed by atoms with Crippen LogP contribution in [0, 0.1) is 0 Å². The van der Waals surface area contributed by atoms with Gasteiger partial charge in [0.25, 0.3) is 0 Å². The summed E-state index contributed by atoms with van der Waals surface area (Å²) in [4.78, 5) is 8.51. The number of anilines is 1. The van der Waals surface area contributed by atoms with Gasteiger partial charge in [0.2, 0.25) is 0 Å². The van der Waals surface area contributed by atoms with Crippen LogP contribution in [0.2, 0.25) is 0 Å². The van der Waals surface area contributed by atoms with Crippen molar-refractivity contribution >= 4 is 17.6 Å². The second-order valence-electron chi connectivity index (χ2n) is 3.93. The molecule has 0 saturated carbocycles. The van der Waals surface area contributed by atoms with Crippen molar-refractivity contribution in [3.8, 4) is 0 Å². The highest BCUT2D eigenvalue weighted by molar-refractivity contribution is 7.99. The Hall–Kier alpha value is -0.850. The van der Waals surface area contributed by atoms with E-state index in [0.717, 1.165) is 35.8 Å². The van der Waals surface area contributed by atoms with Crippen LogP contribution in [-0.4, -0.2) is 45.2 Å². The molecular weight excluding hydrogens is 250 g/mol. The number of hydrogen-bond acceptors (Lipinski definition) is 6. The van der Waals surface area contributed by atoms with Crippen molar-refractivity contribution in [2.75, 3.05) is 24.2 Å². The molecular formula is C12H21N3O2S. The summed E-state index contributed by atoms with van der Waals surface area (Å²) in [6, 6.07) is 0. The maximum absolute atomic E-state index is 9.38. The first-order valence-electron chi connectivity index (χ1n) is 6.22. The summed E-state index contributed by atoms with van der Waals surface area (Å²) < 4.78 is 0. The van der Waals surface area contributed by atoms with Gasteiger partial charge in [-0.1, -0.05) is 13.3 Å². The highest BCUT2D eigenvalue weighted by atomic mass is 32.2. The number of thioether (sulfide) groups is 1. The average molecular weight is 271 g/mol. The molecule has 0 bridgehead atoms. The van der Waals surface area contributed by atoms with E-state index in [1.165, 1.54) is 18.1 Å². The molecule has 0 aliphatic heterocycles. The highest BCUT2D eigenvalue weighted by Gasteiger charge is 2.12. The van der Waals surface area contributed by atoms with Crippen LogP contribution in [0.25, 0.3) is 0 Å². The molecule has 1 atom stereocenters. The number of nitrogens with zero attached hydrogens (tertiary/aromatic N) is 2. The number of aromatic nitrogens is 2. The van der Waals surface area contributed by atoms with Gasteiger partial charge in [0.1, 0.15) is 17.2 Å². The second kappa shape index (κ2) is 8.29. The van der Waals surface area contributed by atoms with Crippen LogP contribution in [0.4, 0.5) is 5.82 Å². The standard InChI is InChI=1S/C12H21N3O2S/c1-3-5-10-11(13-4-2)14-8-15-12(10)18-7-9(17)6-16/h8-9,16-17H,3-7H2,1-2H3,(H,13,14,15). The van der Waals surface area contributed by atoms with Crippen LogP contribution < -0.4 is 5.32 Å². The van der Waals surface area contributed by atoms with Crippen LogP contribution in [-0.2, 0) is 6.42 Å². The van der Waals surface area contributed by atoms with Gasteiger partial charge in [-0.25, -0.2) is 9.97 Å². The molecule has 18 heavy (non-hydrogen) atoms. The van der Waals surface area contributed by atoms with E-state index < -0.39 is 6.10 Å². The molecule has 0 aliphatic carbocycles. The van der Waals surface area contributed by atoms with Gasteiger partial charge < -0.3 is 15.5 Å². The van der Waals surface area contributed by atoms with Crippen molar-refractivity contribution in [3.05, 3.63) is 11.9 Å². The SMILES string of the molecule is CCCc1c(NCC)ncnc1SCC(O)CO. The third-order valence-electron chi connectivity index (χ3n) is 2.37. The lowest BCUT2D eigenvalue weighted by molar-refractivity contribution is 0.113. The van der Waals surface area contributed by atoms with Crippen molar-refractivity contribution in [1.29, 1.82) is 0 Å². The van der Waals surface area contributed by atoms with Crippen LogP contribution >= 0.6 is 11.8 Å². The molecule has 0 radical (unpaired) electrons. The molecule has 3 N–H and O–H groups in total. The lowest BCUT2D eigenvalue weighted by Crippen LogP contribution is -2.15. The van der Waals surface area contributed by atoms with Gasteiger partial charge in [0.05, 0.1) is 12.7 Å². The van der Waals surface area contributed by atoms with Crippen molar-refractivity contribution in [2.45, 2.75) is 37.8 Å². The number of rotatable bonds is 8. The van der Waals surface area contributed by atoms with E-state index in [4.69, 9.17) is 5.11 Å². The molecule has 1 aromatic rings. The Labute approximate surface area is 112 Å². The molecule has 0 spiro atoms. The largest absolute Gasteiger partial charge is 0.394 e. The van der Waals surface area contributed by atoms with Crippen molar-refractivity contribution in [2.24, 2.45) is 0 Å². The van der Waals surface area contributed by atoms with Crippen LogP contribution in [0.3, 0.4) is 0 Å². The van der Waals surface area contributed by atoms with E-state index in [1.807, 2.05) is 6.92 Å².